The normalized spacial score (nSPS) is 12.7. The average Bonchev–Trinajstić information content (AvgIpc) is 2.84. The summed E-state index contributed by atoms with van der Waals surface area (Å²) in [5.41, 5.74) is 0. The van der Waals surface area contributed by atoms with Crippen LogP contribution in [0.1, 0.15) is 174 Å². The molecule has 1 unspecified atom stereocenters. The predicted octanol–water partition coefficient (Wildman–Crippen LogP) is 7.43. The van der Waals surface area contributed by atoms with Gasteiger partial charge in [-0.15, -0.1) is 0 Å². The number of hydrogen-bond acceptors (Lipinski definition) is 4. The van der Waals surface area contributed by atoms with Crippen molar-refractivity contribution in [1.29, 1.82) is 0 Å². The van der Waals surface area contributed by atoms with Crippen molar-refractivity contribution in [2.24, 2.45) is 5.92 Å². The maximum Gasteiger partial charge on any atom is 1.00 e. The minimum absolute atomic E-state index is 0. The van der Waals surface area contributed by atoms with Gasteiger partial charge in [-0.25, -0.2) is 8.42 Å². The van der Waals surface area contributed by atoms with Crippen LogP contribution in [-0.4, -0.2) is 19.6 Å². The molecule has 0 radical (unpaired) electrons. The van der Waals surface area contributed by atoms with E-state index in [4.69, 9.17) is 0 Å². The van der Waals surface area contributed by atoms with Gasteiger partial charge in [0.1, 0.15) is 0 Å². The number of allylic oxidation sites excluding steroid dienone is 1. The zero-order valence-corrected chi connectivity index (χ0v) is 28.0. The molecule has 0 aromatic carbocycles. The first-order valence-electron chi connectivity index (χ1n) is 15.8. The number of rotatable bonds is 29. The number of unbranched alkanes of at least 4 members (excludes halogenated alkanes) is 22. The third kappa shape index (κ3) is 34.6. The van der Waals surface area contributed by atoms with Crippen LogP contribution in [0.5, 0.6) is 0 Å². The smallest absolute Gasteiger partial charge is 0.726 e. The molecule has 0 aliphatic carbocycles. The van der Waals surface area contributed by atoms with E-state index in [9.17, 15) is 13.0 Å². The molecule has 0 rings (SSSR count). The Morgan fingerprint density at radius 2 is 0.946 bits per heavy atom. The van der Waals surface area contributed by atoms with Crippen LogP contribution in [0.3, 0.4) is 0 Å². The summed E-state index contributed by atoms with van der Waals surface area (Å²) in [7, 11) is -4.62. The molecule has 0 aliphatic heterocycles. The van der Waals surface area contributed by atoms with E-state index in [1.165, 1.54) is 141 Å². The van der Waals surface area contributed by atoms with Gasteiger partial charge < -0.3 is 4.55 Å². The average molecular weight is 553 g/mol. The van der Waals surface area contributed by atoms with Crippen LogP contribution in [0, 0.1) is 5.92 Å². The minimum Gasteiger partial charge on any atom is -0.726 e. The monoisotopic (exact) mass is 552 g/mol. The molecular weight excluding hydrogens is 491 g/mol. The first kappa shape index (κ1) is 39.8. The molecule has 0 saturated heterocycles. The van der Waals surface area contributed by atoms with E-state index in [-0.39, 0.29) is 42.1 Å². The molecule has 0 saturated carbocycles. The number of hydrogen-bond donors (Lipinski definition) is 0. The van der Waals surface area contributed by atoms with Gasteiger partial charge in [0.25, 0.3) is 0 Å². The predicted molar refractivity (Wildman–Crippen MR) is 155 cm³/mol. The van der Waals surface area contributed by atoms with Gasteiger partial charge in [0.2, 0.25) is 10.4 Å². The summed E-state index contributed by atoms with van der Waals surface area (Å²) in [6.07, 6.45) is 36.6. The molecule has 216 valence electrons. The van der Waals surface area contributed by atoms with E-state index in [1.807, 2.05) is 0 Å². The molecule has 0 aromatic rings. The van der Waals surface area contributed by atoms with Crippen LogP contribution in [0.15, 0.2) is 12.2 Å². The molecule has 0 amide bonds. The molecule has 4 nitrogen and oxygen atoms in total. The molecule has 0 fully saturated rings. The first-order chi connectivity index (χ1) is 17.5. The van der Waals surface area contributed by atoms with Crippen LogP contribution in [0.2, 0.25) is 0 Å². The second-order valence-corrected chi connectivity index (χ2v) is 11.9. The SMILES string of the molecule is CCCCCCCCCCCCCCC/C=C/C(CCCCCCCCCCCC)COS(=O)(=O)[O-].[Na+]. The molecule has 0 spiro atoms. The molecule has 0 N–H and O–H groups in total. The quantitative estimate of drug-likeness (QED) is 0.0318. The van der Waals surface area contributed by atoms with Crippen molar-refractivity contribution < 1.29 is 46.7 Å². The zero-order valence-electron chi connectivity index (χ0n) is 25.2. The molecule has 0 heterocycles. The van der Waals surface area contributed by atoms with Gasteiger partial charge in [-0.1, -0.05) is 167 Å². The Morgan fingerprint density at radius 1 is 0.595 bits per heavy atom. The van der Waals surface area contributed by atoms with Crippen LogP contribution in [0.4, 0.5) is 0 Å². The van der Waals surface area contributed by atoms with Crippen LogP contribution < -0.4 is 29.6 Å². The van der Waals surface area contributed by atoms with Crippen molar-refractivity contribution in [3.8, 4) is 0 Å². The Balaban J connectivity index is 0. The van der Waals surface area contributed by atoms with Crippen molar-refractivity contribution in [3.05, 3.63) is 12.2 Å². The van der Waals surface area contributed by atoms with E-state index in [0.29, 0.717) is 0 Å². The maximum atomic E-state index is 10.9. The van der Waals surface area contributed by atoms with E-state index in [1.54, 1.807) is 0 Å². The summed E-state index contributed by atoms with van der Waals surface area (Å²) >= 11 is 0. The minimum atomic E-state index is -4.62. The third-order valence-corrected chi connectivity index (χ3v) is 7.66. The summed E-state index contributed by atoms with van der Waals surface area (Å²) in [6, 6.07) is 0. The summed E-state index contributed by atoms with van der Waals surface area (Å²) < 4.78 is 37.2. The van der Waals surface area contributed by atoms with Gasteiger partial charge in [0.05, 0.1) is 6.61 Å². The molecule has 0 bridgehead atoms. The summed E-state index contributed by atoms with van der Waals surface area (Å²) in [5.74, 6) is 0.0183. The molecule has 6 heteroatoms. The van der Waals surface area contributed by atoms with Gasteiger partial charge in [0, 0.05) is 5.92 Å². The summed E-state index contributed by atoms with van der Waals surface area (Å²) in [6.45, 7) is 4.51. The van der Waals surface area contributed by atoms with E-state index in [2.05, 4.69) is 30.2 Å². The molecule has 37 heavy (non-hydrogen) atoms. The molecule has 1 atom stereocenters. The second kappa shape index (κ2) is 31.1. The van der Waals surface area contributed by atoms with E-state index in [0.717, 1.165) is 19.3 Å². The molecular formula is C31H61NaO4S. The van der Waals surface area contributed by atoms with Crippen LogP contribution in [0.25, 0.3) is 0 Å². The van der Waals surface area contributed by atoms with E-state index < -0.39 is 10.4 Å². The Kier molecular flexibility index (Phi) is 33.5. The van der Waals surface area contributed by atoms with Gasteiger partial charge in [0.15, 0.2) is 0 Å². The van der Waals surface area contributed by atoms with E-state index >= 15 is 0 Å². The van der Waals surface area contributed by atoms with Crippen molar-refractivity contribution in [2.75, 3.05) is 6.61 Å². The maximum absolute atomic E-state index is 10.9. The van der Waals surface area contributed by atoms with Gasteiger partial charge in [-0.3, -0.25) is 4.18 Å². The fourth-order valence-corrected chi connectivity index (χ4v) is 5.21. The van der Waals surface area contributed by atoms with Gasteiger partial charge in [-0.2, -0.15) is 0 Å². The van der Waals surface area contributed by atoms with Crippen molar-refractivity contribution in [1.82, 2.24) is 0 Å². The van der Waals surface area contributed by atoms with Crippen LogP contribution in [-0.2, 0) is 14.6 Å². The van der Waals surface area contributed by atoms with Crippen LogP contribution >= 0.6 is 0 Å². The fourth-order valence-electron chi connectivity index (χ4n) is 4.87. The topological polar surface area (TPSA) is 66.4 Å². The Morgan fingerprint density at radius 3 is 1.32 bits per heavy atom. The Labute approximate surface area is 254 Å². The molecule has 0 aliphatic rings. The van der Waals surface area contributed by atoms with Gasteiger partial charge >= 0.3 is 29.6 Å². The Bertz CT molecular complexity index is 566. The Hall–Kier alpha value is 0.610. The summed E-state index contributed by atoms with van der Waals surface area (Å²) in [5, 5.41) is 0. The largest absolute Gasteiger partial charge is 1.00 e. The standard InChI is InChI=1S/C31H62O4S.Na/c1-3-5-7-9-11-13-15-16-17-18-19-21-23-25-27-29-31(30-35-36(32,33)34)28-26-24-22-20-14-12-10-8-6-4-2;/h27,29,31H,3-26,28,30H2,1-2H3,(H,32,33,34);/q;+1/p-1/b29-27+;. The first-order valence-corrected chi connectivity index (χ1v) is 17.1. The summed E-state index contributed by atoms with van der Waals surface area (Å²) in [4.78, 5) is 0. The zero-order chi connectivity index (χ0) is 26.6. The molecule has 0 aromatic heterocycles. The van der Waals surface area contributed by atoms with Crippen molar-refractivity contribution in [2.45, 2.75) is 174 Å². The third-order valence-electron chi connectivity index (χ3n) is 7.24. The van der Waals surface area contributed by atoms with Crippen molar-refractivity contribution >= 4 is 10.4 Å². The second-order valence-electron chi connectivity index (χ2n) is 10.9. The fraction of sp³-hybridized carbons (Fsp3) is 0.935. The van der Waals surface area contributed by atoms with Gasteiger partial charge in [-0.05, 0) is 19.3 Å². The van der Waals surface area contributed by atoms with Crippen molar-refractivity contribution in [3.63, 3.8) is 0 Å².